The number of nitrogens with two attached hydrogens (primary N) is 1. The molecule has 20 heavy (non-hydrogen) atoms. The summed E-state index contributed by atoms with van der Waals surface area (Å²) in [7, 11) is 0. The standard InChI is InChI=1S/C15H16FN3S/c1-10-5-7-18-15(13(10)14(17)20)19-8-6-11-3-2-4-12(16)9-11/h2-5,7,9H,6,8H2,1H3,(H2,17,20)(H,18,19). The summed E-state index contributed by atoms with van der Waals surface area (Å²) in [6.45, 7) is 2.57. The molecule has 2 aromatic rings. The van der Waals surface area contributed by atoms with Crippen LogP contribution in [0.4, 0.5) is 10.2 Å². The second-order valence-electron chi connectivity index (χ2n) is 4.52. The summed E-state index contributed by atoms with van der Waals surface area (Å²) in [5.74, 6) is 0.453. The van der Waals surface area contributed by atoms with Crippen molar-refractivity contribution in [2.45, 2.75) is 13.3 Å². The fraction of sp³-hybridized carbons (Fsp3) is 0.200. The van der Waals surface area contributed by atoms with Crippen molar-refractivity contribution in [2.24, 2.45) is 5.73 Å². The topological polar surface area (TPSA) is 50.9 Å². The molecule has 2 rings (SSSR count). The molecule has 0 aliphatic heterocycles. The lowest BCUT2D eigenvalue weighted by atomic mass is 10.1. The van der Waals surface area contributed by atoms with E-state index in [1.807, 2.05) is 19.1 Å². The van der Waals surface area contributed by atoms with Crippen molar-refractivity contribution in [2.75, 3.05) is 11.9 Å². The highest BCUT2D eigenvalue weighted by molar-refractivity contribution is 7.80. The first-order valence-corrected chi connectivity index (χ1v) is 6.72. The molecule has 0 amide bonds. The van der Waals surface area contributed by atoms with Gasteiger partial charge in [0.05, 0.1) is 5.56 Å². The van der Waals surface area contributed by atoms with Gasteiger partial charge in [-0.25, -0.2) is 9.37 Å². The Hall–Kier alpha value is -2.01. The fourth-order valence-corrected chi connectivity index (χ4v) is 2.28. The highest BCUT2D eigenvalue weighted by atomic mass is 32.1. The van der Waals surface area contributed by atoms with Gasteiger partial charge >= 0.3 is 0 Å². The van der Waals surface area contributed by atoms with E-state index in [1.54, 1.807) is 12.3 Å². The van der Waals surface area contributed by atoms with E-state index in [0.717, 1.165) is 16.7 Å². The fourth-order valence-electron chi connectivity index (χ4n) is 2.02. The van der Waals surface area contributed by atoms with Crippen molar-refractivity contribution < 1.29 is 4.39 Å². The molecule has 0 atom stereocenters. The highest BCUT2D eigenvalue weighted by Gasteiger charge is 2.09. The van der Waals surface area contributed by atoms with Crippen LogP contribution in [-0.4, -0.2) is 16.5 Å². The van der Waals surface area contributed by atoms with Crippen molar-refractivity contribution >= 4 is 23.0 Å². The van der Waals surface area contributed by atoms with Crippen LogP contribution in [0.1, 0.15) is 16.7 Å². The summed E-state index contributed by atoms with van der Waals surface area (Å²) in [6, 6.07) is 8.43. The molecule has 0 radical (unpaired) electrons. The number of rotatable bonds is 5. The normalized spacial score (nSPS) is 10.3. The number of aromatic nitrogens is 1. The van der Waals surface area contributed by atoms with Crippen LogP contribution in [0.15, 0.2) is 36.5 Å². The van der Waals surface area contributed by atoms with Crippen LogP contribution in [0.3, 0.4) is 0 Å². The first-order chi connectivity index (χ1) is 9.58. The van der Waals surface area contributed by atoms with Gasteiger partial charge in [-0.1, -0.05) is 24.4 Å². The van der Waals surface area contributed by atoms with Gasteiger partial charge in [0.25, 0.3) is 0 Å². The summed E-state index contributed by atoms with van der Waals surface area (Å²) in [5, 5.41) is 3.20. The zero-order valence-electron chi connectivity index (χ0n) is 11.2. The van der Waals surface area contributed by atoms with E-state index in [4.69, 9.17) is 18.0 Å². The van der Waals surface area contributed by atoms with Crippen LogP contribution in [0.2, 0.25) is 0 Å². The molecule has 3 nitrogen and oxygen atoms in total. The Bertz CT molecular complexity index is 628. The molecule has 1 aromatic carbocycles. The van der Waals surface area contributed by atoms with Crippen LogP contribution in [0.25, 0.3) is 0 Å². The Kier molecular flexibility index (Phi) is 4.63. The predicted octanol–water partition coefficient (Wildman–Crippen LogP) is 2.82. The number of aryl methyl sites for hydroxylation is 1. The lowest BCUT2D eigenvalue weighted by Crippen LogP contribution is -2.17. The molecule has 104 valence electrons. The third-order valence-corrected chi connectivity index (χ3v) is 3.20. The zero-order chi connectivity index (χ0) is 14.5. The second kappa shape index (κ2) is 6.43. The molecule has 0 aliphatic rings. The van der Waals surface area contributed by atoms with E-state index < -0.39 is 0 Å². The molecule has 0 unspecified atom stereocenters. The van der Waals surface area contributed by atoms with Gasteiger partial charge in [-0.2, -0.15) is 0 Å². The van der Waals surface area contributed by atoms with Crippen LogP contribution < -0.4 is 11.1 Å². The molecule has 0 saturated carbocycles. The minimum absolute atomic E-state index is 0.222. The van der Waals surface area contributed by atoms with E-state index in [2.05, 4.69) is 10.3 Å². The Morgan fingerprint density at radius 3 is 2.90 bits per heavy atom. The molecule has 0 bridgehead atoms. The summed E-state index contributed by atoms with van der Waals surface area (Å²) in [4.78, 5) is 4.58. The van der Waals surface area contributed by atoms with E-state index in [1.165, 1.54) is 12.1 Å². The van der Waals surface area contributed by atoms with Crippen molar-refractivity contribution in [3.8, 4) is 0 Å². The molecule has 5 heteroatoms. The summed E-state index contributed by atoms with van der Waals surface area (Å²) in [6.07, 6.45) is 2.41. The number of benzene rings is 1. The number of nitrogens with one attached hydrogen (secondary N) is 1. The number of thiocarbonyl (C=S) groups is 1. The van der Waals surface area contributed by atoms with E-state index in [0.29, 0.717) is 23.8 Å². The van der Waals surface area contributed by atoms with Gasteiger partial charge in [-0.3, -0.25) is 0 Å². The van der Waals surface area contributed by atoms with Crippen molar-refractivity contribution in [1.29, 1.82) is 0 Å². The Morgan fingerprint density at radius 1 is 1.40 bits per heavy atom. The molecule has 0 spiro atoms. The number of nitrogens with zero attached hydrogens (tertiary/aromatic N) is 1. The maximum Gasteiger partial charge on any atom is 0.136 e. The number of halogens is 1. The summed E-state index contributed by atoms with van der Waals surface area (Å²) in [5.41, 5.74) is 8.40. The van der Waals surface area contributed by atoms with Gasteiger partial charge in [0.15, 0.2) is 0 Å². The van der Waals surface area contributed by atoms with Crippen molar-refractivity contribution in [1.82, 2.24) is 4.98 Å². The van der Waals surface area contributed by atoms with E-state index in [9.17, 15) is 4.39 Å². The molecule has 0 fully saturated rings. The number of anilines is 1. The predicted molar refractivity (Wildman–Crippen MR) is 83.5 cm³/mol. The van der Waals surface area contributed by atoms with E-state index in [-0.39, 0.29) is 5.82 Å². The lowest BCUT2D eigenvalue weighted by molar-refractivity contribution is 0.625. The number of hydrogen-bond donors (Lipinski definition) is 2. The molecule has 3 N–H and O–H groups in total. The molecule has 1 aromatic heterocycles. The lowest BCUT2D eigenvalue weighted by Gasteiger charge is -2.12. The SMILES string of the molecule is Cc1ccnc(NCCc2cccc(F)c2)c1C(N)=S. The van der Waals surface area contributed by atoms with E-state index >= 15 is 0 Å². The maximum atomic E-state index is 13.1. The van der Waals surface area contributed by atoms with Crippen LogP contribution in [-0.2, 0) is 6.42 Å². The van der Waals surface area contributed by atoms with Crippen LogP contribution in [0.5, 0.6) is 0 Å². The number of hydrogen-bond acceptors (Lipinski definition) is 3. The average Bonchev–Trinajstić information content (AvgIpc) is 2.38. The van der Waals surface area contributed by atoms with Crippen LogP contribution >= 0.6 is 12.2 Å². The molecule has 1 heterocycles. The van der Waals surface area contributed by atoms with Gasteiger partial charge in [-0.05, 0) is 42.7 Å². The molecular weight excluding hydrogens is 273 g/mol. The largest absolute Gasteiger partial charge is 0.389 e. The van der Waals surface area contributed by atoms with Crippen LogP contribution in [0, 0.1) is 12.7 Å². The maximum absolute atomic E-state index is 13.1. The molecule has 0 saturated heterocycles. The molecular formula is C15H16FN3S. The van der Waals surface area contributed by atoms with Crippen molar-refractivity contribution in [3.63, 3.8) is 0 Å². The Morgan fingerprint density at radius 2 is 2.20 bits per heavy atom. The van der Waals surface area contributed by atoms with Gasteiger partial charge in [0.2, 0.25) is 0 Å². The highest BCUT2D eigenvalue weighted by Crippen LogP contribution is 2.16. The third-order valence-electron chi connectivity index (χ3n) is 3.00. The van der Waals surface area contributed by atoms with Gasteiger partial charge in [0.1, 0.15) is 16.6 Å². The number of pyridine rings is 1. The Labute approximate surface area is 123 Å². The smallest absolute Gasteiger partial charge is 0.136 e. The third kappa shape index (κ3) is 3.51. The van der Waals surface area contributed by atoms with Gasteiger partial charge in [0, 0.05) is 12.7 Å². The summed E-state index contributed by atoms with van der Waals surface area (Å²) >= 11 is 5.05. The van der Waals surface area contributed by atoms with Gasteiger partial charge in [-0.15, -0.1) is 0 Å². The first-order valence-electron chi connectivity index (χ1n) is 6.31. The second-order valence-corrected chi connectivity index (χ2v) is 4.96. The van der Waals surface area contributed by atoms with Gasteiger partial charge < -0.3 is 11.1 Å². The summed E-state index contributed by atoms with van der Waals surface area (Å²) < 4.78 is 13.1. The zero-order valence-corrected chi connectivity index (χ0v) is 12.0. The first kappa shape index (κ1) is 14.4. The minimum atomic E-state index is -0.222. The average molecular weight is 289 g/mol. The minimum Gasteiger partial charge on any atom is -0.389 e. The van der Waals surface area contributed by atoms with Crippen molar-refractivity contribution in [3.05, 3.63) is 59.0 Å². The monoisotopic (exact) mass is 289 g/mol. The quantitative estimate of drug-likeness (QED) is 0.831. The Balaban J connectivity index is 2.05. The molecule has 0 aliphatic carbocycles.